The van der Waals surface area contributed by atoms with Gasteiger partial charge in [0, 0.05) is 18.1 Å². The summed E-state index contributed by atoms with van der Waals surface area (Å²) in [5, 5.41) is 0. The molecular formula is C13H28N2. The van der Waals surface area contributed by atoms with Gasteiger partial charge in [-0.1, -0.05) is 20.3 Å². The standard InChI is InChI=1S/C13H28N2/c1-5-10(2)11(3)15(4)13-8-6-12(14)7-9-13/h10-13H,5-9,14H2,1-4H3. The van der Waals surface area contributed by atoms with Crippen molar-refractivity contribution in [2.75, 3.05) is 7.05 Å². The molecule has 2 unspecified atom stereocenters. The Hall–Kier alpha value is -0.0800. The van der Waals surface area contributed by atoms with E-state index >= 15 is 0 Å². The van der Waals surface area contributed by atoms with Gasteiger partial charge in [0.25, 0.3) is 0 Å². The summed E-state index contributed by atoms with van der Waals surface area (Å²) in [6.45, 7) is 7.00. The summed E-state index contributed by atoms with van der Waals surface area (Å²) in [6, 6.07) is 1.94. The fourth-order valence-electron chi connectivity index (χ4n) is 2.58. The normalized spacial score (nSPS) is 31.6. The number of hydrogen-bond acceptors (Lipinski definition) is 2. The molecule has 0 aromatic carbocycles. The SMILES string of the molecule is CCC(C)C(C)N(C)C1CCC(N)CC1. The quantitative estimate of drug-likeness (QED) is 0.776. The molecule has 0 radical (unpaired) electrons. The van der Waals surface area contributed by atoms with E-state index in [-0.39, 0.29) is 0 Å². The molecule has 2 heteroatoms. The van der Waals surface area contributed by atoms with Crippen LogP contribution in [0, 0.1) is 5.92 Å². The lowest BCUT2D eigenvalue weighted by atomic mass is 9.88. The van der Waals surface area contributed by atoms with Gasteiger partial charge < -0.3 is 10.6 Å². The molecule has 1 rings (SSSR count). The smallest absolute Gasteiger partial charge is 0.00962 e. The van der Waals surface area contributed by atoms with Gasteiger partial charge >= 0.3 is 0 Å². The molecule has 2 nitrogen and oxygen atoms in total. The van der Waals surface area contributed by atoms with Crippen molar-refractivity contribution >= 4 is 0 Å². The average Bonchev–Trinajstić information content (AvgIpc) is 2.27. The predicted molar refractivity (Wildman–Crippen MR) is 66.9 cm³/mol. The molecule has 0 heterocycles. The molecule has 15 heavy (non-hydrogen) atoms. The number of rotatable bonds is 4. The summed E-state index contributed by atoms with van der Waals surface area (Å²) >= 11 is 0. The van der Waals surface area contributed by atoms with Gasteiger partial charge in [0.05, 0.1) is 0 Å². The van der Waals surface area contributed by atoms with Crippen molar-refractivity contribution in [3.05, 3.63) is 0 Å². The summed E-state index contributed by atoms with van der Waals surface area (Å²) in [5.41, 5.74) is 5.94. The zero-order chi connectivity index (χ0) is 11.4. The largest absolute Gasteiger partial charge is 0.328 e. The Morgan fingerprint density at radius 1 is 1.20 bits per heavy atom. The van der Waals surface area contributed by atoms with E-state index in [4.69, 9.17) is 5.73 Å². The predicted octanol–water partition coefficient (Wildman–Crippen LogP) is 2.62. The van der Waals surface area contributed by atoms with E-state index in [0.29, 0.717) is 12.1 Å². The maximum atomic E-state index is 5.94. The molecule has 2 N–H and O–H groups in total. The summed E-state index contributed by atoms with van der Waals surface area (Å²) in [7, 11) is 2.29. The number of nitrogens with two attached hydrogens (primary N) is 1. The van der Waals surface area contributed by atoms with Crippen LogP contribution in [0.25, 0.3) is 0 Å². The van der Waals surface area contributed by atoms with Gasteiger partial charge in [-0.3, -0.25) is 0 Å². The second-order valence-corrected chi connectivity index (χ2v) is 5.36. The van der Waals surface area contributed by atoms with Crippen molar-refractivity contribution in [2.45, 2.75) is 71.0 Å². The third kappa shape index (κ3) is 3.46. The maximum absolute atomic E-state index is 5.94. The van der Waals surface area contributed by atoms with E-state index in [0.717, 1.165) is 12.0 Å². The highest BCUT2D eigenvalue weighted by molar-refractivity contribution is 4.83. The van der Waals surface area contributed by atoms with Gasteiger partial charge in [-0.05, 0) is 45.6 Å². The molecule has 0 bridgehead atoms. The fourth-order valence-corrected chi connectivity index (χ4v) is 2.58. The molecule has 0 aromatic rings. The van der Waals surface area contributed by atoms with Crippen molar-refractivity contribution in [2.24, 2.45) is 11.7 Å². The second kappa shape index (κ2) is 5.86. The molecule has 0 aromatic heterocycles. The van der Waals surface area contributed by atoms with Gasteiger partial charge in [-0.2, -0.15) is 0 Å². The molecule has 0 saturated heterocycles. The van der Waals surface area contributed by atoms with Gasteiger partial charge in [-0.25, -0.2) is 0 Å². The minimum absolute atomic E-state index is 0.466. The Balaban J connectivity index is 2.42. The van der Waals surface area contributed by atoms with Crippen LogP contribution in [0.15, 0.2) is 0 Å². The Bertz CT molecular complexity index is 173. The van der Waals surface area contributed by atoms with Crippen LogP contribution in [-0.2, 0) is 0 Å². The summed E-state index contributed by atoms with van der Waals surface area (Å²) in [5.74, 6) is 0.797. The molecule has 1 aliphatic carbocycles. The minimum Gasteiger partial charge on any atom is -0.328 e. The van der Waals surface area contributed by atoms with Crippen LogP contribution in [0.3, 0.4) is 0 Å². The first-order valence-electron chi connectivity index (χ1n) is 6.53. The van der Waals surface area contributed by atoms with E-state index in [1.807, 2.05) is 0 Å². The maximum Gasteiger partial charge on any atom is 0.00962 e. The van der Waals surface area contributed by atoms with Gasteiger partial charge in [0.15, 0.2) is 0 Å². The molecule has 0 aliphatic heterocycles. The van der Waals surface area contributed by atoms with Crippen LogP contribution in [0.1, 0.15) is 52.9 Å². The third-order valence-corrected chi connectivity index (χ3v) is 4.43. The summed E-state index contributed by atoms with van der Waals surface area (Å²) in [4.78, 5) is 2.58. The minimum atomic E-state index is 0.466. The van der Waals surface area contributed by atoms with Crippen LogP contribution in [-0.4, -0.2) is 30.1 Å². The Labute approximate surface area is 95.2 Å². The van der Waals surface area contributed by atoms with Crippen LogP contribution in [0.5, 0.6) is 0 Å². The molecule has 2 atom stereocenters. The highest BCUT2D eigenvalue weighted by Crippen LogP contribution is 2.25. The first-order valence-corrected chi connectivity index (χ1v) is 6.53. The number of nitrogens with zero attached hydrogens (tertiary/aromatic N) is 1. The highest BCUT2D eigenvalue weighted by atomic mass is 15.2. The van der Waals surface area contributed by atoms with Gasteiger partial charge in [-0.15, -0.1) is 0 Å². The first-order chi connectivity index (χ1) is 7.06. The lowest BCUT2D eigenvalue weighted by Crippen LogP contribution is -2.45. The van der Waals surface area contributed by atoms with Crippen LogP contribution < -0.4 is 5.73 Å². The van der Waals surface area contributed by atoms with Crippen molar-refractivity contribution in [1.82, 2.24) is 4.90 Å². The van der Waals surface area contributed by atoms with Crippen molar-refractivity contribution in [3.8, 4) is 0 Å². The van der Waals surface area contributed by atoms with E-state index < -0.39 is 0 Å². The van der Waals surface area contributed by atoms with E-state index in [1.54, 1.807) is 0 Å². The van der Waals surface area contributed by atoms with Crippen LogP contribution in [0.4, 0.5) is 0 Å². The molecule has 1 saturated carbocycles. The molecule has 90 valence electrons. The fraction of sp³-hybridized carbons (Fsp3) is 1.00. The molecule has 0 amide bonds. The lowest BCUT2D eigenvalue weighted by Gasteiger charge is -2.39. The lowest BCUT2D eigenvalue weighted by molar-refractivity contribution is 0.108. The van der Waals surface area contributed by atoms with Crippen LogP contribution in [0.2, 0.25) is 0 Å². The third-order valence-electron chi connectivity index (χ3n) is 4.43. The summed E-state index contributed by atoms with van der Waals surface area (Å²) < 4.78 is 0. The first kappa shape index (κ1) is 13.0. The Kier molecular flexibility index (Phi) is 5.07. The molecule has 0 spiro atoms. The van der Waals surface area contributed by atoms with Gasteiger partial charge in [0.1, 0.15) is 0 Å². The zero-order valence-corrected chi connectivity index (χ0v) is 10.9. The van der Waals surface area contributed by atoms with E-state index in [1.165, 1.54) is 32.1 Å². The second-order valence-electron chi connectivity index (χ2n) is 5.36. The Morgan fingerprint density at radius 3 is 2.20 bits per heavy atom. The van der Waals surface area contributed by atoms with Crippen molar-refractivity contribution in [1.29, 1.82) is 0 Å². The van der Waals surface area contributed by atoms with E-state index in [2.05, 4.69) is 32.7 Å². The van der Waals surface area contributed by atoms with Crippen LogP contribution >= 0.6 is 0 Å². The van der Waals surface area contributed by atoms with Crippen molar-refractivity contribution < 1.29 is 0 Å². The molecule has 1 aliphatic rings. The molecule has 1 fully saturated rings. The van der Waals surface area contributed by atoms with Gasteiger partial charge in [0.2, 0.25) is 0 Å². The van der Waals surface area contributed by atoms with E-state index in [9.17, 15) is 0 Å². The monoisotopic (exact) mass is 212 g/mol. The zero-order valence-electron chi connectivity index (χ0n) is 10.9. The highest BCUT2D eigenvalue weighted by Gasteiger charge is 2.26. The summed E-state index contributed by atoms with van der Waals surface area (Å²) in [6.07, 6.45) is 6.28. The number of hydrogen-bond donors (Lipinski definition) is 1. The Morgan fingerprint density at radius 2 is 1.73 bits per heavy atom. The average molecular weight is 212 g/mol. The topological polar surface area (TPSA) is 29.3 Å². The molecular weight excluding hydrogens is 184 g/mol. The van der Waals surface area contributed by atoms with Crippen molar-refractivity contribution in [3.63, 3.8) is 0 Å².